The van der Waals surface area contributed by atoms with E-state index >= 15 is 0 Å². The van der Waals surface area contributed by atoms with Crippen molar-refractivity contribution in [1.29, 1.82) is 0 Å². The summed E-state index contributed by atoms with van der Waals surface area (Å²) in [5.74, 6) is 0.637. The molecule has 1 aliphatic heterocycles. The van der Waals surface area contributed by atoms with Crippen LogP contribution in [0.5, 0.6) is 0 Å². The summed E-state index contributed by atoms with van der Waals surface area (Å²) >= 11 is 0. The average molecular weight is 224 g/mol. The van der Waals surface area contributed by atoms with E-state index < -0.39 is 5.41 Å². The van der Waals surface area contributed by atoms with Crippen molar-refractivity contribution in [2.45, 2.75) is 19.5 Å². The number of carbonyl (C=O) groups excluding carboxylic acids is 1. The molecule has 1 aliphatic rings. The molecular weight excluding hydrogens is 208 g/mol. The molecule has 1 aromatic rings. The van der Waals surface area contributed by atoms with E-state index in [0.717, 1.165) is 5.76 Å². The molecule has 0 saturated carbocycles. The molecule has 0 aliphatic carbocycles. The highest BCUT2D eigenvalue weighted by Gasteiger charge is 2.44. The van der Waals surface area contributed by atoms with Crippen LogP contribution in [-0.2, 0) is 16.1 Å². The van der Waals surface area contributed by atoms with Crippen LogP contribution in [0, 0.1) is 5.41 Å². The zero-order chi connectivity index (χ0) is 11.6. The number of hydrogen-bond donors (Lipinski definition) is 2. The minimum Gasteiger partial charge on any atom is -0.467 e. The molecule has 3 N–H and O–H groups in total. The molecule has 0 spiro atoms. The standard InChI is InChI=1S/C11H16N2O3/c1-11(7-15-6-9(11)12)10(14)13-5-8-3-2-4-16-8/h2-4,9H,5-7,12H2,1H3,(H,13,14). The van der Waals surface area contributed by atoms with E-state index in [0.29, 0.717) is 19.8 Å². The Morgan fingerprint density at radius 2 is 2.56 bits per heavy atom. The summed E-state index contributed by atoms with van der Waals surface area (Å²) in [4.78, 5) is 12.0. The van der Waals surface area contributed by atoms with Gasteiger partial charge in [0.15, 0.2) is 0 Å². The van der Waals surface area contributed by atoms with E-state index in [1.807, 2.05) is 13.0 Å². The van der Waals surface area contributed by atoms with E-state index in [1.165, 1.54) is 0 Å². The maximum atomic E-state index is 12.0. The lowest BCUT2D eigenvalue weighted by Gasteiger charge is -2.25. The van der Waals surface area contributed by atoms with Crippen molar-refractivity contribution in [3.05, 3.63) is 24.2 Å². The van der Waals surface area contributed by atoms with Crippen molar-refractivity contribution in [2.75, 3.05) is 13.2 Å². The second-order valence-electron chi connectivity index (χ2n) is 4.30. The first-order chi connectivity index (χ1) is 7.63. The molecule has 2 heterocycles. The molecule has 1 saturated heterocycles. The number of carbonyl (C=O) groups is 1. The van der Waals surface area contributed by atoms with Crippen LogP contribution >= 0.6 is 0 Å². The molecular formula is C11H16N2O3. The Morgan fingerprint density at radius 3 is 3.12 bits per heavy atom. The van der Waals surface area contributed by atoms with Gasteiger partial charge in [0.1, 0.15) is 5.76 Å². The summed E-state index contributed by atoms with van der Waals surface area (Å²) in [7, 11) is 0. The van der Waals surface area contributed by atoms with Crippen LogP contribution in [0.3, 0.4) is 0 Å². The predicted molar refractivity (Wildman–Crippen MR) is 57.5 cm³/mol. The van der Waals surface area contributed by atoms with Crippen LogP contribution in [0.25, 0.3) is 0 Å². The van der Waals surface area contributed by atoms with Crippen molar-refractivity contribution in [1.82, 2.24) is 5.32 Å². The number of nitrogens with one attached hydrogen (secondary N) is 1. The molecule has 16 heavy (non-hydrogen) atoms. The average Bonchev–Trinajstić information content (AvgIpc) is 2.87. The topological polar surface area (TPSA) is 77.5 Å². The van der Waals surface area contributed by atoms with E-state index in [2.05, 4.69) is 5.32 Å². The number of furan rings is 1. The summed E-state index contributed by atoms with van der Waals surface area (Å²) in [5.41, 5.74) is 5.22. The number of rotatable bonds is 3. The van der Waals surface area contributed by atoms with E-state index in [-0.39, 0.29) is 11.9 Å². The Bertz CT molecular complexity index is 363. The van der Waals surface area contributed by atoms with Crippen LogP contribution < -0.4 is 11.1 Å². The second-order valence-corrected chi connectivity index (χ2v) is 4.30. The first-order valence-corrected chi connectivity index (χ1v) is 5.27. The molecule has 0 aromatic carbocycles. The van der Waals surface area contributed by atoms with Gasteiger partial charge in [0.05, 0.1) is 31.4 Å². The van der Waals surface area contributed by atoms with Crippen molar-refractivity contribution >= 4 is 5.91 Å². The fourth-order valence-corrected chi connectivity index (χ4v) is 1.71. The largest absolute Gasteiger partial charge is 0.467 e. The van der Waals surface area contributed by atoms with Crippen LogP contribution in [-0.4, -0.2) is 25.2 Å². The second kappa shape index (κ2) is 4.27. The molecule has 1 fully saturated rings. The van der Waals surface area contributed by atoms with Crippen molar-refractivity contribution in [2.24, 2.45) is 11.1 Å². The molecule has 2 rings (SSSR count). The molecule has 5 nitrogen and oxygen atoms in total. The predicted octanol–water partition coefficient (Wildman–Crippen LogP) is 0.260. The van der Waals surface area contributed by atoms with Gasteiger partial charge in [-0.25, -0.2) is 0 Å². The highest BCUT2D eigenvalue weighted by Crippen LogP contribution is 2.27. The van der Waals surface area contributed by atoms with Gasteiger partial charge < -0.3 is 20.2 Å². The zero-order valence-corrected chi connectivity index (χ0v) is 9.23. The maximum absolute atomic E-state index is 12.0. The molecule has 0 radical (unpaired) electrons. The first kappa shape index (κ1) is 11.2. The Labute approximate surface area is 93.9 Å². The summed E-state index contributed by atoms with van der Waals surface area (Å²) in [5, 5.41) is 2.81. The number of amides is 1. The Balaban J connectivity index is 1.93. The molecule has 88 valence electrons. The summed E-state index contributed by atoms with van der Waals surface area (Å²) < 4.78 is 10.4. The minimum atomic E-state index is -0.632. The van der Waals surface area contributed by atoms with Gasteiger partial charge in [-0.1, -0.05) is 0 Å². The highest BCUT2D eigenvalue weighted by molar-refractivity contribution is 5.83. The van der Waals surface area contributed by atoms with Crippen LogP contribution in [0.1, 0.15) is 12.7 Å². The maximum Gasteiger partial charge on any atom is 0.230 e. The fraction of sp³-hybridized carbons (Fsp3) is 0.545. The summed E-state index contributed by atoms with van der Waals surface area (Å²) in [6.45, 7) is 3.01. The zero-order valence-electron chi connectivity index (χ0n) is 9.23. The molecule has 5 heteroatoms. The Hall–Kier alpha value is -1.33. The Kier molecular flexibility index (Phi) is 2.98. The number of ether oxygens (including phenoxy) is 1. The van der Waals surface area contributed by atoms with Crippen LogP contribution in [0.4, 0.5) is 0 Å². The SMILES string of the molecule is CC1(C(=O)NCc2ccco2)COCC1N. The highest BCUT2D eigenvalue weighted by atomic mass is 16.5. The van der Waals surface area contributed by atoms with Gasteiger partial charge in [-0.3, -0.25) is 4.79 Å². The van der Waals surface area contributed by atoms with Crippen LogP contribution in [0.15, 0.2) is 22.8 Å². The van der Waals surface area contributed by atoms with E-state index in [4.69, 9.17) is 14.9 Å². The molecule has 1 amide bonds. The fourth-order valence-electron chi connectivity index (χ4n) is 1.71. The van der Waals surface area contributed by atoms with Gasteiger partial charge >= 0.3 is 0 Å². The lowest BCUT2D eigenvalue weighted by atomic mass is 9.85. The third-order valence-corrected chi connectivity index (χ3v) is 3.04. The minimum absolute atomic E-state index is 0.0890. The normalized spacial score (nSPS) is 29.2. The van der Waals surface area contributed by atoms with Gasteiger partial charge in [0.2, 0.25) is 5.91 Å². The smallest absolute Gasteiger partial charge is 0.230 e. The van der Waals surface area contributed by atoms with Gasteiger partial charge in [0, 0.05) is 6.04 Å². The summed E-state index contributed by atoms with van der Waals surface area (Å²) in [6, 6.07) is 3.35. The molecule has 2 unspecified atom stereocenters. The molecule has 0 bridgehead atoms. The summed E-state index contributed by atoms with van der Waals surface area (Å²) in [6.07, 6.45) is 1.58. The third kappa shape index (κ3) is 1.96. The Morgan fingerprint density at radius 1 is 1.75 bits per heavy atom. The molecule has 2 atom stereocenters. The van der Waals surface area contributed by atoms with Gasteiger partial charge in [-0.15, -0.1) is 0 Å². The molecule has 1 aromatic heterocycles. The van der Waals surface area contributed by atoms with Crippen molar-refractivity contribution in [3.8, 4) is 0 Å². The van der Waals surface area contributed by atoms with E-state index in [9.17, 15) is 4.79 Å². The third-order valence-electron chi connectivity index (χ3n) is 3.04. The number of hydrogen-bond acceptors (Lipinski definition) is 4. The van der Waals surface area contributed by atoms with Gasteiger partial charge in [-0.2, -0.15) is 0 Å². The quantitative estimate of drug-likeness (QED) is 0.772. The van der Waals surface area contributed by atoms with Gasteiger partial charge in [-0.05, 0) is 19.1 Å². The van der Waals surface area contributed by atoms with Crippen LogP contribution in [0.2, 0.25) is 0 Å². The first-order valence-electron chi connectivity index (χ1n) is 5.27. The number of nitrogens with two attached hydrogens (primary N) is 1. The lowest BCUT2D eigenvalue weighted by Crippen LogP contribution is -2.49. The van der Waals surface area contributed by atoms with Gasteiger partial charge in [0.25, 0.3) is 0 Å². The van der Waals surface area contributed by atoms with Crippen molar-refractivity contribution in [3.63, 3.8) is 0 Å². The van der Waals surface area contributed by atoms with E-state index in [1.54, 1.807) is 12.3 Å². The van der Waals surface area contributed by atoms with Crippen molar-refractivity contribution < 1.29 is 13.9 Å². The monoisotopic (exact) mass is 224 g/mol. The lowest BCUT2D eigenvalue weighted by molar-refractivity contribution is -0.130.